The molecule has 8 heteroatoms. The number of para-hydroxylation sites is 1. The van der Waals surface area contributed by atoms with Gasteiger partial charge < -0.3 is 9.80 Å². The third-order valence-electron chi connectivity index (χ3n) is 5.93. The van der Waals surface area contributed by atoms with Crippen LogP contribution < -0.4 is 4.90 Å². The van der Waals surface area contributed by atoms with Gasteiger partial charge >= 0.3 is 0 Å². The van der Waals surface area contributed by atoms with E-state index >= 15 is 0 Å². The Labute approximate surface area is 197 Å². The standard InChI is InChI=1S/C25H26N6OS/c1-18-16-19(2)31(28-18)24-21-10-6-7-11-22(21)25(27-26-24)33-17-23(32)30-14-12-29(13-15-30)20-8-4-3-5-9-20/h3-11,16H,12-15,17H2,1-2H3. The fraction of sp³-hybridized carbons (Fsp3) is 0.280. The Kier molecular flexibility index (Phi) is 6.00. The summed E-state index contributed by atoms with van der Waals surface area (Å²) in [6.45, 7) is 7.14. The molecule has 1 amide bonds. The van der Waals surface area contributed by atoms with E-state index in [9.17, 15) is 4.79 Å². The first-order chi connectivity index (χ1) is 16.1. The molecule has 0 N–H and O–H groups in total. The number of carbonyl (C=O) groups is 1. The van der Waals surface area contributed by atoms with Crippen molar-refractivity contribution in [2.75, 3.05) is 36.8 Å². The first-order valence-corrected chi connectivity index (χ1v) is 12.1. The fourth-order valence-electron chi connectivity index (χ4n) is 4.25. The van der Waals surface area contributed by atoms with Crippen LogP contribution in [0.3, 0.4) is 0 Å². The van der Waals surface area contributed by atoms with E-state index in [1.807, 2.05) is 59.8 Å². The average Bonchev–Trinajstić information content (AvgIpc) is 3.20. The number of rotatable bonds is 5. The molecule has 1 aliphatic rings. The Morgan fingerprint density at radius 1 is 0.909 bits per heavy atom. The highest BCUT2D eigenvalue weighted by atomic mass is 32.2. The van der Waals surface area contributed by atoms with Crippen molar-refractivity contribution in [2.45, 2.75) is 18.9 Å². The summed E-state index contributed by atoms with van der Waals surface area (Å²) in [5.41, 5.74) is 3.16. The van der Waals surface area contributed by atoms with Gasteiger partial charge in [-0.1, -0.05) is 54.2 Å². The minimum absolute atomic E-state index is 0.140. The molecule has 0 aliphatic carbocycles. The van der Waals surface area contributed by atoms with Crippen LogP contribution in [-0.4, -0.2) is 62.7 Å². The summed E-state index contributed by atoms with van der Waals surface area (Å²) in [5.74, 6) is 1.20. The summed E-state index contributed by atoms with van der Waals surface area (Å²) >= 11 is 1.45. The van der Waals surface area contributed by atoms with Gasteiger partial charge in [0.05, 0.1) is 11.4 Å². The van der Waals surface area contributed by atoms with E-state index in [1.54, 1.807) is 0 Å². The lowest BCUT2D eigenvalue weighted by molar-refractivity contribution is -0.128. The highest BCUT2D eigenvalue weighted by Gasteiger charge is 2.22. The van der Waals surface area contributed by atoms with E-state index in [4.69, 9.17) is 0 Å². The highest BCUT2D eigenvalue weighted by molar-refractivity contribution is 8.00. The van der Waals surface area contributed by atoms with Crippen LogP contribution in [0.2, 0.25) is 0 Å². The van der Waals surface area contributed by atoms with Gasteiger partial charge in [-0.2, -0.15) is 5.10 Å². The Balaban J connectivity index is 1.28. The number of hydrogen-bond acceptors (Lipinski definition) is 6. The Bertz CT molecular complexity index is 1280. The van der Waals surface area contributed by atoms with Crippen molar-refractivity contribution in [1.29, 1.82) is 0 Å². The molecule has 33 heavy (non-hydrogen) atoms. The molecule has 1 saturated heterocycles. The number of benzene rings is 2. The molecule has 1 aliphatic heterocycles. The zero-order valence-corrected chi connectivity index (χ0v) is 19.6. The van der Waals surface area contributed by atoms with E-state index < -0.39 is 0 Å². The molecular formula is C25H26N6OS. The van der Waals surface area contributed by atoms with Gasteiger partial charge in [0.2, 0.25) is 5.91 Å². The second kappa shape index (κ2) is 9.23. The lowest BCUT2D eigenvalue weighted by Gasteiger charge is -2.36. The number of anilines is 1. The molecule has 0 radical (unpaired) electrons. The van der Waals surface area contributed by atoms with Crippen LogP contribution in [0.5, 0.6) is 0 Å². The number of aromatic nitrogens is 4. The van der Waals surface area contributed by atoms with Crippen molar-refractivity contribution >= 4 is 34.1 Å². The van der Waals surface area contributed by atoms with E-state index in [0.29, 0.717) is 11.6 Å². The summed E-state index contributed by atoms with van der Waals surface area (Å²) in [6, 6.07) is 20.4. The maximum absolute atomic E-state index is 12.9. The van der Waals surface area contributed by atoms with Crippen LogP contribution in [0.4, 0.5) is 5.69 Å². The van der Waals surface area contributed by atoms with Crippen molar-refractivity contribution in [3.63, 3.8) is 0 Å². The topological polar surface area (TPSA) is 67.2 Å². The number of piperazine rings is 1. The lowest BCUT2D eigenvalue weighted by atomic mass is 10.2. The molecule has 0 unspecified atom stereocenters. The minimum Gasteiger partial charge on any atom is -0.368 e. The van der Waals surface area contributed by atoms with Gasteiger partial charge in [-0.05, 0) is 32.0 Å². The van der Waals surface area contributed by atoms with Crippen molar-refractivity contribution in [2.24, 2.45) is 0 Å². The lowest BCUT2D eigenvalue weighted by Crippen LogP contribution is -2.49. The Hall–Kier alpha value is -3.39. The molecular weight excluding hydrogens is 432 g/mol. The first-order valence-electron chi connectivity index (χ1n) is 11.1. The van der Waals surface area contributed by atoms with Crippen molar-refractivity contribution in [3.8, 4) is 5.82 Å². The number of fused-ring (bicyclic) bond motifs is 1. The molecule has 0 spiro atoms. The number of carbonyl (C=O) groups excluding carboxylic acids is 1. The molecule has 4 aromatic rings. The van der Waals surface area contributed by atoms with Crippen LogP contribution in [-0.2, 0) is 4.79 Å². The summed E-state index contributed by atoms with van der Waals surface area (Å²) in [6.07, 6.45) is 0. The summed E-state index contributed by atoms with van der Waals surface area (Å²) in [7, 11) is 0. The maximum Gasteiger partial charge on any atom is 0.233 e. The number of aryl methyl sites for hydroxylation is 2. The number of hydrogen-bond donors (Lipinski definition) is 0. The van der Waals surface area contributed by atoms with Gasteiger partial charge in [-0.15, -0.1) is 10.2 Å². The van der Waals surface area contributed by atoms with Gasteiger partial charge in [0.1, 0.15) is 5.03 Å². The molecule has 3 heterocycles. The predicted octanol–water partition coefficient (Wildman–Crippen LogP) is 3.87. The van der Waals surface area contributed by atoms with E-state index in [0.717, 1.165) is 53.4 Å². The zero-order chi connectivity index (χ0) is 22.8. The minimum atomic E-state index is 0.140. The smallest absolute Gasteiger partial charge is 0.233 e. The molecule has 5 rings (SSSR count). The van der Waals surface area contributed by atoms with Crippen molar-refractivity contribution < 1.29 is 4.79 Å². The van der Waals surface area contributed by atoms with Crippen molar-refractivity contribution in [1.82, 2.24) is 24.9 Å². The molecule has 1 fully saturated rings. The molecule has 0 bridgehead atoms. The SMILES string of the molecule is Cc1cc(C)n(-c2nnc(SCC(=O)N3CCN(c4ccccc4)CC3)c3ccccc23)n1. The average molecular weight is 459 g/mol. The maximum atomic E-state index is 12.9. The van der Waals surface area contributed by atoms with E-state index in [2.05, 4.69) is 44.5 Å². The van der Waals surface area contributed by atoms with Gasteiger partial charge in [0.25, 0.3) is 0 Å². The Morgan fingerprint density at radius 2 is 1.61 bits per heavy atom. The second-order valence-electron chi connectivity index (χ2n) is 8.21. The predicted molar refractivity (Wildman–Crippen MR) is 132 cm³/mol. The monoisotopic (exact) mass is 458 g/mol. The third-order valence-corrected chi connectivity index (χ3v) is 6.90. The Morgan fingerprint density at radius 3 is 2.30 bits per heavy atom. The van der Waals surface area contributed by atoms with Crippen LogP contribution >= 0.6 is 11.8 Å². The molecule has 0 atom stereocenters. The van der Waals surface area contributed by atoms with Gasteiger partial charge in [0, 0.05) is 48.3 Å². The summed E-state index contributed by atoms with van der Waals surface area (Å²) in [5, 5.41) is 16.3. The normalized spacial score (nSPS) is 14.1. The second-order valence-corrected chi connectivity index (χ2v) is 9.17. The number of thioether (sulfide) groups is 1. The van der Waals surface area contributed by atoms with Crippen LogP contribution in [0.1, 0.15) is 11.4 Å². The first kappa shape index (κ1) is 21.5. The van der Waals surface area contributed by atoms with Gasteiger partial charge in [-0.25, -0.2) is 4.68 Å². The fourth-order valence-corrected chi connectivity index (χ4v) is 5.12. The summed E-state index contributed by atoms with van der Waals surface area (Å²) in [4.78, 5) is 17.2. The number of nitrogens with zero attached hydrogens (tertiary/aromatic N) is 6. The van der Waals surface area contributed by atoms with Gasteiger partial charge in [-0.3, -0.25) is 4.79 Å². The largest absolute Gasteiger partial charge is 0.368 e. The molecule has 2 aromatic heterocycles. The van der Waals surface area contributed by atoms with E-state index in [-0.39, 0.29) is 5.91 Å². The molecule has 0 saturated carbocycles. The van der Waals surface area contributed by atoms with Crippen LogP contribution in [0.25, 0.3) is 16.6 Å². The quantitative estimate of drug-likeness (QED) is 0.423. The molecule has 7 nitrogen and oxygen atoms in total. The highest BCUT2D eigenvalue weighted by Crippen LogP contribution is 2.29. The van der Waals surface area contributed by atoms with Gasteiger partial charge in [0.15, 0.2) is 5.82 Å². The third kappa shape index (κ3) is 4.43. The van der Waals surface area contributed by atoms with Crippen LogP contribution in [0.15, 0.2) is 65.7 Å². The summed E-state index contributed by atoms with van der Waals surface area (Å²) < 4.78 is 1.83. The number of amides is 1. The molecule has 2 aromatic carbocycles. The molecule has 168 valence electrons. The van der Waals surface area contributed by atoms with Crippen molar-refractivity contribution in [3.05, 3.63) is 72.1 Å². The van der Waals surface area contributed by atoms with Crippen LogP contribution in [0, 0.1) is 13.8 Å². The van der Waals surface area contributed by atoms with E-state index in [1.165, 1.54) is 17.4 Å². The zero-order valence-electron chi connectivity index (χ0n) is 18.8.